The summed E-state index contributed by atoms with van der Waals surface area (Å²) in [5, 5.41) is 3.01. The van der Waals surface area contributed by atoms with Gasteiger partial charge in [-0.15, -0.1) is 0 Å². The fourth-order valence-corrected chi connectivity index (χ4v) is 3.28. The molecule has 2 aromatic rings. The highest BCUT2D eigenvalue weighted by atomic mass is 79.9. The number of nitrogens with zero attached hydrogens (tertiary/aromatic N) is 1. The molecule has 3 rings (SSSR count). The van der Waals surface area contributed by atoms with Crippen LogP contribution >= 0.6 is 15.9 Å². The molecular weight excluding hydrogens is 358 g/mol. The molecule has 0 saturated carbocycles. The minimum absolute atomic E-state index is 0.0635. The monoisotopic (exact) mass is 377 g/mol. The molecule has 1 atom stereocenters. The molecule has 1 fully saturated rings. The summed E-state index contributed by atoms with van der Waals surface area (Å²) in [5.74, 6) is 1.28. The summed E-state index contributed by atoms with van der Waals surface area (Å²) < 4.78 is 6.31. The van der Waals surface area contributed by atoms with E-state index in [1.165, 1.54) is 0 Å². The molecule has 0 spiro atoms. The normalized spacial score (nSPS) is 17.3. The molecule has 1 aromatic heterocycles. The molecule has 23 heavy (non-hydrogen) atoms. The Hall–Kier alpha value is -1.95. The third-order valence-corrected chi connectivity index (χ3v) is 4.61. The summed E-state index contributed by atoms with van der Waals surface area (Å²) in [6, 6.07) is 9.84. The lowest BCUT2D eigenvalue weighted by atomic mass is 10.1. The number of H-pyrrole nitrogens is 1. The predicted octanol–water partition coefficient (Wildman–Crippen LogP) is 3.04. The maximum Gasteiger partial charge on any atom is 0.267 e. The van der Waals surface area contributed by atoms with E-state index >= 15 is 0 Å². The molecule has 2 heterocycles. The lowest BCUT2D eigenvalue weighted by Crippen LogP contribution is -2.31. The number of ether oxygens (including phenoxy) is 1. The van der Waals surface area contributed by atoms with Gasteiger partial charge in [0.25, 0.3) is 5.91 Å². The van der Waals surface area contributed by atoms with Gasteiger partial charge in [-0.1, -0.05) is 12.1 Å². The molecule has 1 aliphatic rings. The predicted molar refractivity (Wildman–Crippen MR) is 94.1 cm³/mol. The average Bonchev–Trinajstić information content (AvgIpc) is 3.21. The maximum atomic E-state index is 12.1. The number of benzene rings is 1. The van der Waals surface area contributed by atoms with Crippen LogP contribution in [0.15, 0.2) is 41.0 Å². The number of hydrogen-bond donors (Lipinski definition) is 2. The van der Waals surface area contributed by atoms with Crippen molar-refractivity contribution in [2.45, 2.75) is 6.42 Å². The van der Waals surface area contributed by atoms with Crippen LogP contribution in [0.2, 0.25) is 0 Å². The molecule has 2 N–H and O–H groups in total. The van der Waals surface area contributed by atoms with E-state index in [9.17, 15) is 4.79 Å². The molecule has 1 aliphatic heterocycles. The summed E-state index contributed by atoms with van der Waals surface area (Å²) in [4.78, 5) is 17.3. The molecule has 0 aliphatic carbocycles. The molecular formula is C17H20BrN3O2. The van der Waals surface area contributed by atoms with Gasteiger partial charge in [0.2, 0.25) is 0 Å². The number of methoxy groups -OCH3 is 1. The van der Waals surface area contributed by atoms with Gasteiger partial charge in [0.1, 0.15) is 11.4 Å². The number of amides is 1. The molecule has 122 valence electrons. The number of halogens is 1. The van der Waals surface area contributed by atoms with E-state index < -0.39 is 0 Å². The summed E-state index contributed by atoms with van der Waals surface area (Å²) in [5.41, 5.74) is 1.70. The Bertz CT molecular complexity index is 686. The van der Waals surface area contributed by atoms with Crippen LogP contribution < -0.4 is 15.0 Å². The fourth-order valence-electron chi connectivity index (χ4n) is 2.94. The number of rotatable bonds is 5. The van der Waals surface area contributed by atoms with E-state index in [4.69, 9.17) is 4.74 Å². The number of carbonyl (C=O) groups is 1. The fraction of sp³-hybridized carbons (Fsp3) is 0.353. The van der Waals surface area contributed by atoms with Crippen molar-refractivity contribution in [3.63, 3.8) is 0 Å². The Balaban J connectivity index is 1.55. The zero-order valence-corrected chi connectivity index (χ0v) is 14.6. The van der Waals surface area contributed by atoms with Crippen LogP contribution in [-0.4, -0.2) is 37.6 Å². The largest absolute Gasteiger partial charge is 0.495 e. The maximum absolute atomic E-state index is 12.1. The molecule has 5 nitrogen and oxygen atoms in total. The average molecular weight is 378 g/mol. The van der Waals surface area contributed by atoms with Gasteiger partial charge >= 0.3 is 0 Å². The van der Waals surface area contributed by atoms with E-state index in [0.29, 0.717) is 18.2 Å². The van der Waals surface area contributed by atoms with E-state index in [1.54, 1.807) is 19.4 Å². The van der Waals surface area contributed by atoms with Crippen molar-refractivity contribution >= 4 is 27.5 Å². The quantitative estimate of drug-likeness (QED) is 0.841. The zero-order chi connectivity index (χ0) is 16.2. The van der Waals surface area contributed by atoms with Gasteiger partial charge in [-0.2, -0.15) is 0 Å². The van der Waals surface area contributed by atoms with Crippen molar-refractivity contribution in [2.75, 3.05) is 31.6 Å². The Kier molecular flexibility index (Phi) is 4.91. The van der Waals surface area contributed by atoms with Crippen molar-refractivity contribution in [2.24, 2.45) is 5.92 Å². The summed E-state index contributed by atoms with van der Waals surface area (Å²) in [7, 11) is 1.70. The lowest BCUT2D eigenvalue weighted by molar-refractivity contribution is 0.0944. The molecule has 0 radical (unpaired) electrons. The van der Waals surface area contributed by atoms with Gasteiger partial charge in [-0.05, 0) is 46.5 Å². The van der Waals surface area contributed by atoms with Crippen LogP contribution in [0.5, 0.6) is 5.75 Å². The van der Waals surface area contributed by atoms with Crippen LogP contribution in [-0.2, 0) is 0 Å². The van der Waals surface area contributed by atoms with E-state index in [-0.39, 0.29) is 5.91 Å². The smallest absolute Gasteiger partial charge is 0.267 e. The molecule has 0 bridgehead atoms. The first-order valence-corrected chi connectivity index (χ1v) is 8.46. The molecule has 1 saturated heterocycles. The van der Waals surface area contributed by atoms with Gasteiger partial charge < -0.3 is 19.9 Å². The molecule has 0 unspecified atom stereocenters. The number of hydrogen-bond acceptors (Lipinski definition) is 3. The Labute approximate surface area is 144 Å². The number of carbonyl (C=O) groups excluding carboxylic acids is 1. The standard InChI is InChI=1S/C17H20BrN3O2/c1-23-16-5-3-2-4-15(16)21-7-6-12(11-21)9-20-17(22)14-8-13(18)10-19-14/h2-5,8,10,12,19H,6-7,9,11H2,1H3,(H,20,22)/t12-/m0/s1. The third kappa shape index (κ3) is 3.69. The van der Waals surface area contributed by atoms with Crippen LogP contribution in [0.3, 0.4) is 0 Å². The highest BCUT2D eigenvalue weighted by Crippen LogP contribution is 2.31. The Morgan fingerprint density at radius 2 is 2.30 bits per heavy atom. The van der Waals surface area contributed by atoms with Gasteiger partial charge in [0.05, 0.1) is 12.8 Å². The summed E-state index contributed by atoms with van der Waals surface area (Å²) in [6.07, 6.45) is 2.82. The zero-order valence-electron chi connectivity index (χ0n) is 13.0. The molecule has 1 amide bonds. The first-order valence-electron chi connectivity index (χ1n) is 7.67. The van der Waals surface area contributed by atoms with Crippen LogP contribution in [0.25, 0.3) is 0 Å². The second-order valence-electron chi connectivity index (χ2n) is 5.71. The number of aromatic nitrogens is 1. The Morgan fingerprint density at radius 3 is 3.04 bits per heavy atom. The summed E-state index contributed by atoms with van der Waals surface area (Å²) in [6.45, 7) is 2.59. The van der Waals surface area contributed by atoms with Crippen LogP contribution in [0.4, 0.5) is 5.69 Å². The topological polar surface area (TPSA) is 57.4 Å². The van der Waals surface area contributed by atoms with Crippen molar-refractivity contribution in [1.29, 1.82) is 0 Å². The van der Waals surface area contributed by atoms with Gasteiger partial charge in [-0.3, -0.25) is 4.79 Å². The van der Waals surface area contributed by atoms with E-state index in [0.717, 1.165) is 35.4 Å². The summed E-state index contributed by atoms with van der Waals surface area (Å²) >= 11 is 3.34. The first-order chi connectivity index (χ1) is 11.2. The number of para-hydroxylation sites is 2. The second-order valence-corrected chi connectivity index (χ2v) is 6.63. The molecule has 6 heteroatoms. The highest BCUT2D eigenvalue weighted by Gasteiger charge is 2.25. The van der Waals surface area contributed by atoms with Gasteiger partial charge in [0.15, 0.2) is 0 Å². The van der Waals surface area contributed by atoms with Crippen LogP contribution in [0, 0.1) is 5.92 Å². The molecule has 1 aromatic carbocycles. The van der Waals surface area contributed by atoms with Crippen molar-refractivity contribution < 1.29 is 9.53 Å². The van der Waals surface area contributed by atoms with Gasteiger partial charge in [-0.25, -0.2) is 0 Å². The van der Waals surface area contributed by atoms with Gasteiger partial charge in [0, 0.05) is 30.3 Å². The minimum Gasteiger partial charge on any atom is -0.495 e. The van der Waals surface area contributed by atoms with Crippen molar-refractivity contribution in [3.8, 4) is 5.75 Å². The number of aromatic amines is 1. The SMILES string of the molecule is COc1ccccc1N1CC[C@@H](CNC(=O)c2cc(Br)c[nH]2)C1. The second kappa shape index (κ2) is 7.08. The minimum atomic E-state index is -0.0635. The Morgan fingerprint density at radius 1 is 1.48 bits per heavy atom. The third-order valence-electron chi connectivity index (χ3n) is 4.16. The van der Waals surface area contributed by atoms with Crippen molar-refractivity contribution in [3.05, 3.63) is 46.7 Å². The van der Waals surface area contributed by atoms with E-state index in [1.807, 2.05) is 18.2 Å². The van der Waals surface area contributed by atoms with Crippen molar-refractivity contribution in [1.82, 2.24) is 10.3 Å². The lowest BCUT2D eigenvalue weighted by Gasteiger charge is -2.21. The first kappa shape index (κ1) is 15.9. The number of anilines is 1. The highest BCUT2D eigenvalue weighted by molar-refractivity contribution is 9.10. The van der Waals surface area contributed by atoms with Crippen LogP contribution in [0.1, 0.15) is 16.9 Å². The van der Waals surface area contributed by atoms with E-state index in [2.05, 4.69) is 37.2 Å². The number of nitrogens with one attached hydrogen (secondary N) is 2.